The number of nitrogens with zero attached hydrogens (tertiary/aromatic N) is 1. The van der Waals surface area contributed by atoms with Crippen molar-refractivity contribution in [3.63, 3.8) is 0 Å². The Labute approximate surface area is 162 Å². The number of aryl methyl sites for hydroxylation is 3. The number of rotatable bonds is 4. The molecule has 2 aliphatic heterocycles. The summed E-state index contributed by atoms with van der Waals surface area (Å²) < 4.78 is 5.85. The van der Waals surface area contributed by atoms with Gasteiger partial charge >= 0.3 is 0 Å². The molecule has 3 nitrogen and oxygen atoms in total. The van der Waals surface area contributed by atoms with Crippen molar-refractivity contribution < 1.29 is 9.53 Å². The van der Waals surface area contributed by atoms with Gasteiger partial charge in [0.25, 0.3) is 0 Å². The number of carbonyl (C=O) groups is 1. The first-order valence-corrected chi connectivity index (χ1v) is 10.0. The van der Waals surface area contributed by atoms with Gasteiger partial charge in [0.05, 0.1) is 13.2 Å². The topological polar surface area (TPSA) is 29.5 Å². The van der Waals surface area contributed by atoms with Gasteiger partial charge in [0.15, 0.2) is 5.78 Å². The zero-order valence-electron chi connectivity index (χ0n) is 16.6. The number of carbonyl (C=O) groups excluding carboxylic acids is 1. The Morgan fingerprint density at radius 2 is 1.59 bits per heavy atom. The van der Waals surface area contributed by atoms with Gasteiger partial charge in [-0.3, -0.25) is 9.69 Å². The Balaban J connectivity index is 1.54. The van der Waals surface area contributed by atoms with Crippen LogP contribution in [0.1, 0.15) is 45.5 Å². The van der Waals surface area contributed by atoms with Crippen LogP contribution in [0.25, 0.3) is 0 Å². The highest BCUT2D eigenvalue weighted by atomic mass is 16.5. The molecule has 2 atom stereocenters. The van der Waals surface area contributed by atoms with Gasteiger partial charge in [-0.05, 0) is 50.3 Å². The number of fused-ring (bicyclic) bond motifs is 2. The monoisotopic (exact) mass is 363 g/mol. The molecule has 0 radical (unpaired) electrons. The van der Waals surface area contributed by atoms with Gasteiger partial charge in [-0.15, -0.1) is 0 Å². The van der Waals surface area contributed by atoms with Crippen molar-refractivity contribution in [3.8, 4) is 0 Å². The van der Waals surface area contributed by atoms with E-state index in [1.807, 2.05) is 0 Å². The summed E-state index contributed by atoms with van der Waals surface area (Å²) in [6.45, 7) is 8.66. The molecular weight excluding hydrogens is 334 g/mol. The van der Waals surface area contributed by atoms with Crippen molar-refractivity contribution in [2.45, 2.75) is 52.2 Å². The summed E-state index contributed by atoms with van der Waals surface area (Å²) in [7, 11) is 0. The lowest BCUT2D eigenvalue weighted by atomic mass is 9.78. The van der Waals surface area contributed by atoms with Crippen LogP contribution < -0.4 is 0 Å². The van der Waals surface area contributed by atoms with E-state index < -0.39 is 0 Å². The van der Waals surface area contributed by atoms with Crippen molar-refractivity contribution in [1.82, 2.24) is 4.90 Å². The van der Waals surface area contributed by atoms with Crippen molar-refractivity contribution in [1.29, 1.82) is 0 Å². The molecule has 0 aliphatic carbocycles. The molecule has 2 unspecified atom stereocenters. The van der Waals surface area contributed by atoms with Gasteiger partial charge in [0.2, 0.25) is 0 Å². The van der Waals surface area contributed by atoms with Crippen molar-refractivity contribution >= 4 is 5.78 Å². The Bertz CT molecular complexity index is 793. The highest BCUT2D eigenvalue weighted by Crippen LogP contribution is 2.35. The molecule has 3 heteroatoms. The molecular formula is C24H29NO2. The Hall–Kier alpha value is -1.97. The van der Waals surface area contributed by atoms with Gasteiger partial charge in [0, 0.05) is 30.1 Å². The zero-order chi connectivity index (χ0) is 19.0. The van der Waals surface area contributed by atoms with Crippen LogP contribution >= 0.6 is 0 Å². The summed E-state index contributed by atoms with van der Waals surface area (Å²) in [4.78, 5) is 16.0. The molecule has 4 rings (SSSR count). The number of morpholine rings is 1. The molecule has 0 amide bonds. The maximum Gasteiger partial charge on any atom is 0.166 e. The van der Waals surface area contributed by atoms with Crippen molar-refractivity contribution in [2.75, 3.05) is 13.2 Å². The molecule has 2 bridgehead atoms. The van der Waals surface area contributed by atoms with Gasteiger partial charge < -0.3 is 4.74 Å². The lowest BCUT2D eigenvalue weighted by Gasteiger charge is -2.48. The van der Waals surface area contributed by atoms with Gasteiger partial charge in [-0.2, -0.15) is 0 Å². The third-order valence-corrected chi connectivity index (χ3v) is 6.17. The molecule has 142 valence electrons. The summed E-state index contributed by atoms with van der Waals surface area (Å²) in [5, 5.41) is 0. The first-order valence-electron chi connectivity index (χ1n) is 10.0. The van der Waals surface area contributed by atoms with Crippen LogP contribution in [0.3, 0.4) is 0 Å². The molecule has 27 heavy (non-hydrogen) atoms. The molecule has 2 heterocycles. The molecule has 2 aliphatic rings. The Morgan fingerprint density at radius 3 is 2.19 bits per heavy atom. The van der Waals surface area contributed by atoms with Gasteiger partial charge in [-0.1, -0.05) is 48.0 Å². The maximum absolute atomic E-state index is 13.4. The molecule has 2 aromatic carbocycles. The normalized spacial score (nSPS) is 25.4. The van der Waals surface area contributed by atoms with E-state index >= 15 is 0 Å². The smallest absolute Gasteiger partial charge is 0.166 e. The number of piperidine rings is 1. The Kier molecular flexibility index (Phi) is 5.16. The number of hydrogen-bond acceptors (Lipinski definition) is 3. The SMILES string of the molecule is Cc1cc(C)c(C(=O)C2CC3COCC(C2)N3Cc2ccccc2)c(C)c1. The van der Waals surface area contributed by atoms with E-state index in [4.69, 9.17) is 4.74 Å². The average molecular weight is 364 g/mol. The minimum Gasteiger partial charge on any atom is -0.378 e. The average Bonchev–Trinajstić information content (AvgIpc) is 2.61. The predicted molar refractivity (Wildman–Crippen MR) is 108 cm³/mol. The van der Waals surface area contributed by atoms with Crippen LogP contribution in [-0.4, -0.2) is 36.0 Å². The van der Waals surface area contributed by atoms with E-state index in [9.17, 15) is 4.79 Å². The highest BCUT2D eigenvalue weighted by Gasteiger charge is 2.41. The molecule has 0 aromatic heterocycles. The summed E-state index contributed by atoms with van der Waals surface area (Å²) in [5.41, 5.74) is 5.74. The molecule has 0 N–H and O–H groups in total. The van der Waals surface area contributed by atoms with E-state index in [0.29, 0.717) is 17.9 Å². The van der Waals surface area contributed by atoms with Crippen LogP contribution in [0, 0.1) is 26.7 Å². The summed E-state index contributed by atoms with van der Waals surface area (Å²) in [5.74, 6) is 0.442. The number of Topliss-reactive ketones (excluding diaryl/α,β-unsaturated/α-hetero) is 1. The van der Waals surface area contributed by atoms with E-state index in [0.717, 1.165) is 49.3 Å². The first kappa shape index (κ1) is 18.4. The number of hydrogen-bond donors (Lipinski definition) is 0. The van der Waals surface area contributed by atoms with Gasteiger partial charge in [-0.25, -0.2) is 0 Å². The fraction of sp³-hybridized carbons (Fsp3) is 0.458. The summed E-state index contributed by atoms with van der Waals surface area (Å²) in [6, 6.07) is 15.6. The lowest BCUT2D eigenvalue weighted by Crippen LogP contribution is -2.57. The third-order valence-electron chi connectivity index (χ3n) is 6.17. The van der Waals surface area contributed by atoms with Crippen LogP contribution in [0.5, 0.6) is 0 Å². The van der Waals surface area contributed by atoms with Gasteiger partial charge in [0.1, 0.15) is 0 Å². The summed E-state index contributed by atoms with van der Waals surface area (Å²) >= 11 is 0. The van der Waals surface area contributed by atoms with Crippen LogP contribution in [-0.2, 0) is 11.3 Å². The van der Waals surface area contributed by atoms with Crippen molar-refractivity contribution in [3.05, 3.63) is 70.3 Å². The second-order valence-electron chi connectivity index (χ2n) is 8.31. The van der Waals surface area contributed by atoms with E-state index in [1.165, 1.54) is 11.1 Å². The van der Waals surface area contributed by atoms with E-state index in [-0.39, 0.29) is 5.92 Å². The third kappa shape index (κ3) is 3.71. The second kappa shape index (κ2) is 7.57. The second-order valence-corrected chi connectivity index (χ2v) is 8.31. The number of ketones is 1. The summed E-state index contributed by atoms with van der Waals surface area (Å²) in [6.07, 6.45) is 1.80. The molecule has 2 saturated heterocycles. The van der Waals surface area contributed by atoms with Crippen LogP contribution in [0.4, 0.5) is 0 Å². The standard InChI is InChI=1S/C24H29NO2/c1-16-9-17(2)23(18(3)10-16)24(26)20-11-21-14-27-15-22(12-20)25(21)13-19-7-5-4-6-8-19/h4-10,20-22H,11-15H2,1-3H3. The highest BCUT2D eigenvalue weighted by molar-refractivity contribution is 6.00. The quantitative estimate of drug-likeness (QED) is 0.751. The lowest BCUT2D eigenvalue weighted by molar-refractivity contribution is -0.0872. The van der Waals surface area contributed by atoms with Crippen LogP contribution in [0.15, 0.2) is 42.5 Å². The number of benzene rings is 2. The minimum absolute atomic E-state index is 0.107. The van der Waals surface area contributed by atoms with Crippen molar-refractivity contribution in [2.24, 2.45) is 5.92 Å². The fourth-order valence-electron chi connectivity index (χ4n) is 5.03. The Morgan fingerprint density at radius 1 is 1.00 bits per heavy atom. The molecule has 0 spiro atoms. The fourth-order valence-corrected chi connectivity index (χ4v) is 5.03. The number of ether oxygens (including phenoxy) is 1. The predicted octanol–water partition coefficient (Wildman–Crippen LogP) is 4.47. The molecule has 2 fully saturated rings. The van der Waals surface area contributed by atoms with Crippen LogP contribution in [0.2, 0.25) is 0 Å². The van der Waals surface area contributed by atoms with E-state index in [1.54, 1.807) is 0 Å². The first-order chi connectivity index (χ1) is 13.0. The minimum atomic E-state index is 0.107. The maximum atomic E-state index is 13.4. The largest absolute Gasteiger partial charge is 0.378 e. The van der Waals surface area contributed by atoms with E-state index in [2.05, 4.69) is 68.1 Å². The zero-order valence-corrected chi connectivity index (χ0v) is 16.6. The molecule has 0 saturated carbocycles. The molecule has 2 aromatic rings.